The topological polar surface area (TPSA) is 42.7 Å². The van der Waals surface area contributed by atoms with Gasteiger partial charge in [0.25, 0.3) is 0 Å². The van der Waals surface area contributed by atoms with Gasteiger partial charge in [-0.15, -0.1) is 5.10 Å². The van der Waals surface area contributed by atoms with E-state index < -0.39 is 0 Å². The summed E-state index contributed by atoms with van der Waals surface area (Å²) in [5.41, 5.74) is 4.67. The molecule has 1 atom stereocenters. The monoisotopic (exact) mass is 386 g/mol. The average molecular weight is 388 g/mol. The lowest BCUT2D eigenvalue weighted by Gasteiger charge is -2.19. The van der Waals surface area contributed by atoms with Gasteiger partial charge < -0.3 is 5.32 Å². The van der Waals surface area contributed by atoms with Crippen molar-refractivity contribution in [3.8, 4) is 0 Å². The maximum Gasteiger partial charge on any atom is 0.153 e. The number of aromatic nitrogens is 3. The summed E-state index contributed by atoms with van der Waals surface area (Å²) in [6, 6.07) is 4.41. The second kappa shape index (κ2) is 5.73. The number of benzene rings is 1. The number of rotatable bonds is 3. The van der Waals surface area contributed by atoms with E-state index in [9.17, 15) is 0 Å². The molecule has 1 unspecified atom stereocenters. The highest BCUT2D eigenvalue weighted by atomic mass is 79.9. The molecule has 0 spiro atoms. The van der Waals surface area contributed by atoms with Crippen LogP contribution in [0.4, 0.5) is 0 Å². The summed E-state index contributed by atoms with van der Waals surface area (Å²) < 4.78 is 3.72. The number of halogens is 2. The lowest BCUT2D eigenvalue weighted by atomic mass is 9.99. The van der Waals surface area contributed by atoms with Crippen molar-refractivity contribution in [2.24, 2.45) is 7.05 Å². The van der Waals surface area contributed by atoms with Gasteiger partial charge in [0.15, 0.2) is 4.60 Å². The van der Waals surface area contributed by atoms with Crippen LogP contribution in [0, 0.1) is 13.8 Å². The second-order valence-corrected chi connectivity index (χ2v) is 6.12. The molecule has 6 heteroatoms. The molecule has 0 aliphatic heterocycles. The summed E-state index contributed by atoms with van der Waals surface area (Å²) in [5, 5.41) is 11.4. The van der Waals surface area contributed by atoms with Crippen LogP contribution in [0.2, 0.25) is 0 Å². The molecule has 0 saturated carbocycles. The van der Waals surface area contributed by atoms with Crippen LogP contribution in [0.1, 0.15) is 28.4 Å². The smallest absolute Gasteiger partial charge is 0.153 e. The van der Waals surface area contributed by atoms with E-state index >= 15 is 0 Å². The molecule has 1 N–H and O–H groups in total. The maximum absolute atomic E-state index is 4.05. The van der Waals surface area contributed by atoms with E-state index in [0.717, 1.165) is 14.8 Å². The number of hydrogen-bond acceptors (Lipinski definition) is 3. The van der Waals surface area contributed by atoms with Crippen LogP contribution >= 0.6 is 31.9 Å². The summed E-state index contributed by atoms with van der Waals surface area (Å²) >= 11 is 7.07. The van der Waals surface area contributed by atoms with Crippen LogP contribution in [-0.2, 0) is 7.05 Å². The van der Waals surface area contributed by atoms with E-state index in [4.69, 9.17) is 0 Å². The van der Waals surface area contributed by atoms with Crippen LogP contribution in [0.15, 0.2) is 21.2 Å². The van der Waals surface area contributed by atoms with E-state index in [1.54, 1.807) is 4.68 Å². The molecule has 102 valence electrons. The predicted octanol–water partition coefficient (Wildman–Crippen LogP) is 3.27. The van der Waals surface area contributed by atoms with E-state index in [-0.39, 0.29) is 6.04 Å². The Bertz CT molecular complexity index is 564. The first-order valence-corrected chi connectivity index (χ1v) is 7.53. The van der Waals surface area contributed by atoms with Crippen LogP contribution < -0.4 is 5.32 Å². The third-order valence-electron chi connectivity index (χ3n) is 3.18. The second-order valence-electron chi connectivity index (χ2n) is 4.58. The van der Waals surface area contributed by atoms with Crippen molar-refractivity contribution >= 4 is 31.9 Å². The molecule has 0 saturated heterocycles. The van der Waals surface area contributed by atoms with Crippen molar-refractivity contribution in [3.63, 3.8) is 0 Å². The quantitative estimate of drug-likeness (QED) is 0.878. The normalized spacial score (nSPS) is 12.7. The number of nitrogens with one attached hydrogen (secondary N) is 1. The van der Waals surface area contributed by atoms with Gasteiger partial charge in [0.05, 0.1) is 11.7 Å². The third-order valence-corrected chi connectivity index (χ3v) is 5.00. The summed E-state index contributed by atoms with van der Waals surface area (Å²) in [6.07, 6.45) is 0. The Labute approximate surface area is 129 Å². The fourth-order valence-electron chi connectivity index (χ4n) is 2.25. The lowest BCUT2D eigenvalue weighted by molar-refractivity contribution is 0.596. The number of aryl methyl sites for hydroxylation is 3. The molecule has 4 nitrogen and oxygen atoms in total. The van der Waals surface area contributed by atoms with Gasteiger partial charge in [0.1, 0.15) is 0 Å². The fourth-order valence-corrected chi connectivity index (χ4v) is 3.04. The highest BCUT2D eigenvalue weighted by Gasteiger charge is 2.21. The number of hydrogen-bond donors (Lipinski definition) is 1. The fraction of sp³-hybridized carbons (Fsp3) is 0.385. The van der Waals surface area contributed by atoms with Gasteiger partial charge in [0.2, 0.25) is 0 Å². The number of nitrogens with zero attached hydrogens (tertiary/aromatic N) is 3. The summed E-state index contributed by atoms with van der Waals surface area (Å²) in [7, 11) is 3.84. The molecule has 0 radical (unpaired) electrons. The minimum Gasteiger partial charge on any atom is -0.308 e. The van der Waals surface area contributed by atoms with Crippen LogP contribution in [-0.4, -0.2) is 22.0 Å². The Morgan fingerprint density at radius 1 is 1.21 bits per heavy atom. The molecule has 0 fully saturated rings. The SMILES string of the molecule is CNC(c1cc(C)c(Br)c(C)c1)c1c(Br)nnn1C. The van der Waals surface area contributed by atoms with Gasteiger partial charge in [0, 0.05) is 11.5 Å². The molecule has 0 amide bonds. The third kappa shape index (κ3) is 2.75. The van der Waals surface area contributed by atoms with Crippen molar-refractivity contribution < 1.29 is 0 Å². The highest BCUT2D eigenvalue weighted by molar-refractivity contribution is 9.10. The minimum absolute atomic E-state index is 0.0554. The lowest BCUT2D eigenvalue weighted by Crippen LogP contribution is -2.21. The first-order valence-electron chi connectivity index (χ1n) is 5.94. The molecule has 0 bridgehead atoms. The minimum atomic E-state index is 0.0554. The molecular weight excluding hydrogens is 372 g/mol. The van der Waals surface area contributed by atoms with E-state index in [2.05, 4.69) is 73.5 Å². The van der Waals surface area contributed by atoms with Crippen molar-refractivity contribution in [3.05, 3.63) is 43.6 Å². The molecule has 2 aromatic rings. The van der Waals surface area contributed by atoms with Gasteiger partial charge in [-0.25, -0.2) is 4.68 Å². The first kappa shape index (κ1) is 14.7. The Hall–Kier alpha value is -0.720. The molecule has 1 aromatic carbocycles. The zero-order chi connectivity index (χ0) is 14.2. The van der Waals surface area contributed by atoms with Gasteiger partial charge in [-0.1, -0.05) is 33.3 Å². The standard InChI is InChI=1S/C13H16Br2N4/c1-7-5-9(6-8(2)10(7)14)11(16-3)12-13(15)17-18-19(12)4/h5-6,11,16H,1-4H3. The first-order chi connectivity index (χ1) is 8.95. The Balaban J connectivity index is 2.55. The molecule has 0 aliphatic rings. The van der Waals surface area contributed by atoms with Crippen molar-refractivity contribution in [1.29, 1.82) is 0 Å². The Morgan fingerprint density at radius 3 is 2.21 bits per heavy atom. The molecule has 19 heavy (non-hydrogen) atoms. The average Bonchev–Trinajstić information content (AvgIpc) is 2.69. The maximum atomic E-state index is 4.05. The molecule has 1 aromatic heterocycles. The van der Waals surface area contributed by atoms with Crippen LogP contribution in [0.3, 0.4) is 0 Å². The van der Waals surface area contributed by atoms with Crippen molar-refractivity contribution in [1.82, 2.24) is 20.3 Å². The van der Waals surface area contributed by atoms with Crippen molar-refractivity contribution in [2.75, 3.05) is 7.05 Å². The van der Waals surface area contributed by atoms with Gasteiger partial charge >= 0.3 is 0 Å². The zero-order valence-corrected chi connectivity index (χ0v) is 14.5. The van der Waals surface area contributed by atoms with Gasteiger partial charge in [-0.05, 0) is 53.5 Å². The molecule has 2 rings (SSSR count). The van der Waals surface area contributed by atoms with Crippen molar-refractivity contribution in [2.45, 2.75) is 19.9 Å². The van der Waals surface area contributed by atoms with Crippen LogP contribution in [0.5, 0.6) is 0 Å². The van der Waals surface area contributed by atoms with Gasteiger partial charge in [-0.3, -0.25) is 0 Å². The molecular formula is C13H16Br2N4. The van der Waals surface area contributed by atoms with Gasteiger partial charge in [-0.2, -0.15) is 0 Å². The molecule has 0 aliphatic carbocycles. The highest BCUT2D eigenvalue weighted by Crippen LogP contribution is 2.30. The van der Waals surface area contributed by atoms with Crippen LogP contribution in [0.25, 0.3) is 0 Å². The Morgan fingerprint density at radius 2 is 1.79 bits per heavy atom. The Kier molecular flexibility index (Phi) is 4.43. The van der Waals surface area contributed by atoms with E-state index in [0.29, 0.717) is 0 Å². The molecule has 1 heterocycles. The zero-order valence-electron chi connectivity index (χ0n) is 11.3. The predicted molar refractivity (Wildman–Crippen MR) is 83.2 cm³/mol. The van der Waals surface area contributed by atoms with E-state index in [1.165, 1.54) is 16.7 Å². The largest absolute Gasteiger partial charge is 0.308 e. The summed E-state index contributed by atoms with van der Waals surface area (Å²) in [5.74, 6) is 0. The van der Waals surface area contributed by atoms with E-state index in [1.807, 2.05) is 14.1 Å². The summed E-state index contributed by atoms with van der Waals surface area (Å²) in [6.45, 7) is 4.20. The summed E-state index contributed by atoms with van der Waals surface area (Å²) in [4.78, 5) is 0.